The van der Waals surface area contributed by atoms with Gasteiger partial charge in [-0.2, -0.15) is 0 Å². The van der Waals surface area contributed by atoms with E-state index in [1.807, 2.05) is 0 Å². The van der Waals surface area contributed by atoms with Crippen LogP contribution in [0.5, 0.6) is 0 Å². The Hall–Kier alpha value is -1.26. The van der Waals surface area contributed by atoms with E-state index in [4.69, 9.17) is 4.74 Å². The zero-order valence-corrected chi connectivity index (χ0v) is 8.61. The summed E-state index contributed by atoms with van der Waals surface area (Å²) < 4.78 is 17.5. The number of hydrogen-bond donors (Lipinski definition) is 1. The van der Waals surface area contributed by atoms with Crippen LogP contribution in [0.3, 0.4) is 0 Å². The van der Waals surface area contributed by atoms with Crippen LogP contribution in [0.2, 0.25) is 0 Å². The Bertz CT molecular complexity index is 334. The molecule has 0 aliphatic heterocycles. The molecule has 3 nitrogen and oxygen atoms in total. The molecule has 15 heavy (non-hydrogen) atoms. The normalized spacial score (nSPS) is 14.7. The molecule has 0 spiro atoms. The summed E-state index contributed by atoms with van der Waals surface area (Å²) in [4.78, 5) is 11.1. The van der Waals surface area contributed by atoms with Crippen molar-refractivity contribution in [2.45, 2.75) is 19.1 Å². The molecule has 2 atom stereocenters. The van der Waals surface area contributed by atoms with Gasteiger partial charge in [0.2, 0.25) is 0 Å². The standard InChI is InChI=1S/C11H13FO3/c1-7(13)11(15-2)10(14)8-3-5-9(12)6-4-8/h3-6,10-11,14H,1-2H3/t10-,11+/m0/s1. The topological polar surface area (TPSA) is 46.5 Å². The second-order valence-corrected chi connectivity index (χ2v) is 3.26. The summed E-state index contributed by atoms with van der Waals surface area (Å²) in [5.41, 5.74) is 0.457. The van der Waals surface area contributed by atoms with Crippen LogP contribution >= 0.6 is 0 Å². The number of Topliss-reactive ketones (excluding diaryl/α,β-unsaturated/α-hetero) is 1. The lowest BCUT2D eigenvalue weighted by atomic mass is 10.0. The van der Waals surface area contributed by atoms with Gasteiger partial charge in [0.05, 0.1) is 0 Å². The molecule has 0 aliphatic rings. The van der Waals surface area contributed by atoms with Crippen molar-refractivity contribution in [3.05, 3.63) is 35.6 Å². The minimum Gasteiger partial charge on any atom is -0.385 e. The van der Waals surface area contributed by atoms with Gasteiger partial charge in [-0.25, -0.2) is 4.39 Å². The average Bonchev–Trinajstić information content (AvgIpc) is 2.19. The van der Waals surface area contributed by atoms with Gasteiger partial charge >= 0.3 is 0 Å². The number of hydrogen-bond acceptors (Lipinski definition) is 3. The summed E-state index contributed by atoms with van der Waals surface area (Å²) in [6, 6.07) is 5.31. The van der Waals surface area contributed by atoms with Crippen molar-refractivity contribution in [3.8, 4) is 0 Å². The number of methoxy groups -OCH3 is 1. The van der Waals surface area contributed by atoms with Crippen molar-refractivity contribution in [3.63, 3.8) is 0 Å². The van der Waals surface area contributed by atoms with Gasteiger partial charge in [0, 0.05) is 7.11 Å². The minimum absolute atomic E-state index is 0.269. The molecule has 0 saturated heterocycles. The van der Waals surface area contributed by atoms with E-state index in [2.05, 4.69) is 0 Å². The van der Waals surface area contributed by atoms with Crippen molar-refractivity contribution >= 4 is 5.78 Å². The Morgan fingerprint density at radius 1 is 1.40 bits per heavy atom. The number of halogens is 1. The molecule has 1 rings (SSSR count). The van der Waals surface area contributed by atoms with Crippen LogP contribution in [-0.4, -0.2) is 24.1 Å². The summed E-state index contributed by atoms with van der Waals surface area (Å²) in [6.07, 6.45) is -1.97. The van der Waals surface area contributed by atoms with Gasteiger partial charge in [0.25, 0.3) is 0 Å². The molecule has 0 bridgehead atoms. The third-order valence-corrected chi connectivity index (χ3v) is 2.15. The van der Waals surface area contributed by atoms with Crippen LogP contribution in [0.25, 0.3) is 0 Å². The lowest BCUT2D eigenvalue weighted by Gasteiger charge is -2.19. The lowest BCUT2D eigenvalue weighted by molar-refractivity contribution is -0.133. The maximum absolute atomic E-state index is 12.6. The van der Waals surface area contributed by atoms with Crippen molar-refractivity contribution < 1.29 is 19.0 Å². The highest BCUT2D eigenvalue weighted by Gasteiger charge is 2.24. The zero-order chi connectivity index (χ0) is 11.4. The summed E-state index contributed by atoms with van der Waals surface area (Å²) in [6.45, 7) is 1.33. The van der Waals surface area contributed by atoms with Crippen molar-refractivity contribution in [1.82, 2.24) is 0 Å². The average molecular weight is 212 g/mol. The maximum atomic E-state index is 12.6. The van der Waals surface area contributed by atoms with Crippen LogP contribution in [0.1, 0.15) is 18.6 Å². The first-order valence-corrected chi connectivity index (χ1v) is 4.53. The Balaban J connectivity index is 2.87. The van der Waals surface area contributed by atoms with Crippen molar-refractivity contribution in [1.29, 1.82) is 0 Å². The predicted molar refractivity (Wildman–Crippen MR) is 52.8 cm³/mol. The number of aliphatic hydroxyl groups excluding tert-OH is 1. The number of carbonyl (C=O) groups is 1. The van der Waals surface area contributed by atoms with E-state index in [1.165, 1.54) is 38.3 Å². The number of carbonyl (C=O) groups excluding carboxylic acids is 1. The fourth-order valence-electron chi connectivity index (χ4n) is 1.35. The molecule has 1 aromatic rings. The summed E-state index contributed by atoms with van der Waals surface area (Å²) >= 11 is 0. The van der Waals surface area contributed by atoms with E-state index < -0.39 is 12.2 Å². The van der Waals surface area contributed by atoms with Gasteiger partial charge < -0.3 is 9.84 Å². The SMILES string of the molecule is CO[C@H](C(C)=O)[C@@H](O)c1ccc(F)cc1. The number of aliphatic hydroxyl groups is 1. The summed E-state index contributed by atoms with van der Waals surface area (Å²) in [5, 5.41) is 9.77. The van der Waals surface area contributed by atoms with Gasteiger partial charge in [0.1, 0.15) is 18.0 Å². The Kier molecular flexibility index (Phi) is 3.94. The third kappa shape index (κ3) is 2.84. The molecule has 0 aromatic heterocycles. The van der Waals surface area contributed by atoms with Crippen LogP contribution in [-0.2, 0) is 9.53 Å². The largest absolute Gasteiger partial charge is 0.385 e. The fraction of sp³-hybridized carbons (Fsp3) is 0.364. The molecule has 82 valence electrons. The van der Waals surface area contributed by atoms with Crippen LogP contribution in [0.15, 0.2) is 24.3 Å². The van der Waals surface area contributed by atoms with E-state index in [-0.39, 0.29) is 11.6 Å². The number of rotatable bonds is 4. The third-order valence-electron chi connectivity index (χ3n) is 2.15. The molecule has 0 heterocycles. The smallest absolute Gasteiger partial charge is 0.161 e. The Morgan fingerprint density at radius 3 is 2.33 bits per heavy atom. The van der Waals surface area contributed by atoms with E-state index in [9.17, 15) is 14.3 Å². The van der Waals surface area contributed by atoms with Gasteiger partial charge in [0.15, 0.2) is 5.78 Å². The molecular weight excluding hydrogens is 199 g/mol. The molecule has 0 saturated carbocycles. The zero-order valence-electron chi connectivity index (χ0n) is 8.61. The summed E-state index contributed by atoms with van der Waals surface area (Å²) in [7, 11) is 1.35. The highest BCUT2D eigenvalue weighted by atomic mass is 19.1. The highest BCUT2D eigenvalue weighted by Crippen LogP contribution is 2.19. The van der Waals surface area contributed by atoms with Crippen molar-refractivity contribution in [2.75, 3.05) is 7.11 Å². The fourth-order valence-corrected chi connectivity index (χ4v) is 1.35. The van der Waals surface area contributed by atoms with Crippen LogP contribution in [0, 0.1) is 5.82 Å². The first-order valence-electron chi connectivity index (χ1n) is 4.53. The lowest BCUT2D eigenvalue weighted by Crippen LogP contribution is -2.28. The molecule has 1 aromatic carbocycles. The maximum Gasteiger partial charge on any atom is 0.161 e. The molecule has 4 heteroatoms. The van der Waals surface area contributed by atoms with Crippen molar-refractivity contribution in [2.24, 2.45) is 0 Å². The molecule has 0 fully saturated rings. The number of benzene rings is 1. The van der Waals surface area contributed by atoms with E-state index in [0.717, 1.165) is 0 Å². The molecule has 0 radical (unpaired) electrons. The van der Waals surface area contributed by atoms with Gasteiger partial charge in [-0.1, -0.05) is 12.1 Å². The molecule has 1 N–H and O–H groups in total. The van der Waals surface area contributed by atoms with Gasteiger partial charge in [-0.15, -0.1) is 0 Å². The first-order chi connectivity index (χ1) is 7.06. The summed E-state index contributed by atoms with van der Waals surface area (Å²) in [5.74, 6) is -0.655. The minimum atomic E-state index is -1.06. The molecule has 0 aliphatic carbocycles. The quantitative estimate of drug-likeness (QED) is 0.821. The van der Waals surface area contributed by atoms with Crippen LogP contribution < -0.4 is 0 Å². The highest BCUT2D eigenvalue weighted by molar-refractivity contribution is 5.81. The van der Waals surface area contributed by atoms with E-state index in [1.54, 1.807) is 0 Å². The molecular formula is C11H13FO3. The second-order valence-electron chi connectivity index (χ2n) is 3.26. The number of ketones is 1. The first kappa shape index (κ1) is 11.8. The second kappa shape index (κ2) is 5.00. The molecule has 0 unspecified atom stereocenters. The molecule has 0 amide bonds. The number of ether oxygens (including phenoxy) is 1. The van der Waals surface area contributed by atoms with E-state index >= 15 is 0 Å². The monoisotopic (exact) mass is 212 g/mol. The Morgan fingerprint density at radius 2 is 1.93 bits per heavy atom. The van der Waals surface area contributed by atoms with Gasteiger partial charge in [-0.05, 0) is 24.6 Å². The van der Waals surface area contributed by atoms with Gasteiger partial charge in [-0.3, -0.25) is 4.79 Å². The van der Waals surface area contributed by atoms with E-state index in [0.29, 0.717) is 5.56 Å². The predicted octanol–water partition coefficient (Wildman–Crippen LogP) is 1.46. The Labute approximate surface area is 87.5 Å². The van der Waals surface area contributed by atoms with Crippen LogP contribution in [0.4, 0.5) is 4.39 Å².